The maximum atomic E-state index is 6.20. The summed E-state index contributed by atoms with van der Waals surface area (Å²) >= 11 is 0. The van der Waals surface area contributed by atoms with Crippen molar-refractivity contribution < 1.29 is 9.47 Å². The van der Waals surface area contributed by atoms with Gasteiger partial charge in [0.1, 0.15) is 11.3 Å². The highest BCUT2D eigenvalue weighted by Gasteiger charge is 2.48. The Morgan fingerprint density at radius 2 is 2.05 bits per heavy atom. The highest BCUT2D eigenvalue weighted by atomic mass is 16.7. The molecule has 2 aromatic rings. The van der Waals surface area contributed by atoms with Crippen LogP contribution in [0.1, 0.15) is 30.4 Å². The molecule has 0 saturated carbocycles. The Morgan fingerprint density at radius 1 is 1.29 bits per heavy atom. The molecule has 110 valence electrons. The zero-order valence-electron chi connectivity index (χ0n) is 12.1. The number of H-pyrrole nitrogens is 1. The van der Waals surface area contributed by atoms with Crippen LogP contribution in [0.4, 0.5) is 5.69 Å². The van der Waals surface area contributed by atoms with Crippen LogP contribution >= 0.6 is 0 Å². The molecule has 1 atom stereocenters. The van der Waals surface area contributed by atoms with Crippen LogP contribution in [-0.4, -0.2) is 30.4 Å². The molecule has 5 heteroatoms. The summed E-state index contributed by atoms with van der Waals surface area (Å²) in [5.41, 5.74) is 3.11. The lowest BCUT2D eigenvalue weighted by Crippen LogP contribution is -2.42. The molecule has 0 bridgehead atoms. The van der Waals surface area contributed by atoms with Gasteiger partial charge < -0.3 is 14.4 Å². The Hall–Kier alpha value is -1.85. The minimum atomic E-state index is -0.338. The second-order valence-electron chi connectivity index (χ2n) is 5.69. The first kappa shape index (κ1) is 12.9. The Bertz CT molecular complexity index is 617. The highest BCUT2D eigenvalue weighted by Crippen LogP contribution is 2.48. The number of aromatic nitrogens is 2. The Morgan fingerprint density at radius 3 is 2.76 bits per heavy atom. The summed E-state index contributed by atoms with van der Waals surface area (Å²) in [7, 11) is 1.67. The fourth-order valence-corrected chi connectivity index (χ4v) is 3.48. The number of piperidine rings is 1. The number of aromatic amines is 1. The Labute approximate surface area is 123 Å². The molecule has 1 spiro atoms. The molecule has 2 aliphatic heterocycles. The number of fused-ring (bicyclic) bond motifs is 2. The molecular formula is C16H19N3O2. The van der Waals surface area contributed by atoms with Gasteiger partial charge in [-0.25, -0.2) is 0 Å². The number of ether oxygens (including phenoxy) is 2. The van der Waals surface area contributed by atoms with E-state index in [4.69, 9.17) is 9.47 Å². The second kappa shape index (κ2) is 4.86. The summed E-state index contributed by atoms with van der Waals surface area (Å²) < 4.78 is 11.6. The van der Waals surface area contributed by atoms with Crippen LogP contribution in [0.3, 0.4) is 0 Å². The van der Waals surface area contributed by atoms with Gasteiger partial charge in [-0.2, -0.15) is 5.10 Å². The van der Waals surface area contributed by atoms with Crippen molar-refractivity contribution in [3.63, 3.8) is 0 Å². The van der Waals surface area contributed by atoms with Gasteiger partial charge in [0.05, 0.1) is 0 Å². The molecule has 1 aromatic heterocycles. The van der Waals surface area contributed by atoms with E-state index in [0.29, 0.717) is 0 Å². The fourth-order valence-electron chi connectivity index (χ4n) is 3.48. The first-order valence-corrected chi connectivity index (χ1v) is 7.37. The smallest absolute Gasteiger partial charge is 0.203 e. The van der Waals surface area contributed by atoms with Gasteiger partial charge in [-0.3, -0.25) is 5.10 Å². The number of methoxy groups -OCH3 is 1. The number of rotatable bonds is 2. The van der Waals surface area contributed by atoms with E-state index in [1.807, 2.05) is 6.20 Å². The molecule has 1 fully saturated rings. The first-order valence-electron chi connectivity index (χ1n) is 7.37. The maximum absolute atomic E-state index is 6.20. The molecule has 1 saturated heterocycles. The third kappa shape index (κ3) is 1.96. The first-order chi connectivity index (χ1) is 10.3. The largest absolute Gasteiger partial charge is 0.371 e. The third-order valence-corrected chi connectivity index (χ3v) is 4.62. The van der Waals surface area contributed by atoms with E-state index in [9.17, 15) is 0 Å². The summed E-state index contributed by atoms with van der Waals surface area (Å²) in [5.74, 6) is 0. The second-order valence-corrected chi connectivity index (χ2v) is 5.69. The van der Waals surface area contributed by atoms with E-state index in [-0.39, 0.29) is 11.9 Å². The molecule has 4 rings (SSSR count). The summed E-state index contributed by atoms with van der Waals surface area (Å²) in [4.78, 5) is 2.41. The molecule has 1 aromatic carbocycles. The fraction of sp³-hybridized carbons (Fsp3) is 0.438. The van der Waals surface area contributed by atoms with Gasteiger partial charge >= 0.3 is 0 Å². The molecule has 0 aliphatic carbocycles. The molecule has 3 heterocycles. The number of nitrogens with one attached hydrogen (secondary N) is 1. The van der Waals surface area contributed by atoms with Crippen LogP contribution < -0.4 is 4.90 Å². The Balaban J connectivity index is 1.56. The number of nitrogens with zero attached hydrogens (tertiary/aromatic N) is 2. The average Bonchev–Trinajstić information content (AvgIpc) is 3.13. The van der Waals surface area contributed by atoms with E-state index in [1.54, 1.807) is 7.11 Å². The van der Waals surface area contributed by atoms with Crippen molar-refractivity contribution >= 4 is 5.69 Å². The predicted molar refractivity (Wildman–Crippen MR) is 79.0 cm³/mol. The van der Waals surface area contributed by atoms with Gasteiger partial charge in [0.2, 0.25) is 6.29 Å². The number of para-hydroxylation sites is 1. The maximum Gasteiger partial charge on any atom is 0.203 e. The minimum Gasteiger partial charge on any atom is -0.371 e. The molecule has 21 heavy (non-hydrogen) atoms. The molecular weight excluding hydrogens is 266 g/mol. The lowest BCUT2D eigenvalue weighted by molar-refractivity contribution is -0.196. The molecule has 1 N–H and O–H groups in total. The summed E-state index contributed by atoms with van der Waals surface area (Å²) in [6.07, 6.45) is 3.53. The predicted octanol–water partition coefficient (Wildman–Crippen LogP) is 2.58. The minimum absolute atomic E-state index is 0.242. The van der Waals surface area contributed by atoms with Crippen LogP contribution in [0.15, 0.2) is 36.5 Å². The van der Waals surface area contributed by atoms with Crippen LogP contribution in [0, 0.1) is 0 Å². The zero-order chi connectivity index (χ0) is 14.3. The van der Waals surface area contributed by atoms with Crippen LogP contribution in [-0.2, 0) is 15.1 Å². The topological polar surface area (TPSA) is 50.4 Å². The van der Waals surface area contributed by atoms with Crippen LogP contribution in [0.5, 0.6) is 0 Å². The van der Waals surface area contributed by atoms with Crippen LogP contribution in [0.25, 0.3) is 0 Å². The number of anilines is 1. The number of hydrogen-bond acceptors (Lipinski definition) is 4. The third-order valence-electron chi connectivity index (χ3n) is 4.62. The average molecular weight is 285 g/mol. The van der Waals surface area contributed by atoms with Gasteiger partial charge in [-0.1, -0.05) is 18.2 Å². The number of hydrogen-bond donors (Lipinski definition) is 1. The standard InChI is InChI=1S/C16H19N3O2/c1-20-15-14-13(11-17-18-14)16(21-15)7-9-19(10-8-16)12-5-3-2-4-6-12/h2-6,11,15H,7-10H2,1H3,(H,17,18). The van der Waals surface area contributed by atoms with Gasteiger partial charge in [-0.15, -0.1) is 0 Å². The van der Waals surface area contributed by atoms with Crippen molar-refractivity contribution in [2.24, 2.45) is 0 Å². The molecule has 2 aliphatic rings. The quantitative estimate of drug-likeness (QED) is 0.921. The van der Waals surface area contributed by atoms with Crippen molar-refractivity contribution in [3.8, 4) is 0 Å². The van der Waals surface area contributed by atoms with Gasteiger partial charge in [0, 0.05) is 37.6 Å². The number of benzene rings is 1. The van der Waals surface area contributed by atoms with Crippen molar-refractivity contribution in [3.05, 3.63) is 47.8 Å². The lowest BCUT2D eigenvalue weighted by atomic mass is 9.86. The van der Waals surface area contributed by atoms with E-state index in [1.165, 1.54) is 11.3 Å². The van der Waals surface area contributed by atoms with E-state index in [0.717, 1.165) is 31.6 Å². The summed E-state index contributed by atoms with van der Waals surface area (Å²) in [5, 5.41) is 7.24. The van der Waals surface area contributed by atoms with E-state index in [2.05, 4.69) is 45.4 Å². The molecule has 0 amide bonds. The van der Waals surface area contributed by atoms with E-state index >= 15 is 0 Å². The monoisotopic (exact) mass is 285 g/mol. The molecule has 1 unspecified atom stereocenters. The van der Waals surface area contributed by atoms with E-state index < -0.39 is 0 Å². The molecule has 5 nitrogen and oxygen atoms in total. The van der Waals surface area contributed by atoms with Crippen LogP contribution in [0.2, 0.25) is 0 Å². The van der Waals surface area contributed by atoms with Crippen molar-refractivity contribution in [2.45, 2.75) is 24.7 Å². The van der Waals surface area contributed by atoms with Crippen molar-refractivity contribution in [1.29, 1.82) is 0 Å². The normalized spacial score (nSPS) is 23.5. The van der Waals surface area contributed by atoms with Crippen molar-refractivity contribution in [2.75, 3.05) is 25.1 Å². The summed E-state index contributed by atoms with van der Waals surface area (Å²) in [6.45, 7) is 1.95. The Kier molecular flexibility index (Phi) is 2.97. The zero-order valence-corrected chi connectivity index (χ0v) is 12.1. The van der Waals surface area contributed by atoms with Gasteiger partial charge in [-0.05, 0) is 25.0 Å². The summed E-state index contributed by atoms with van der Waals surface area (Å²) in [6, 6.07) is 10.5. The van der Waals surface area contributed by atoms with Gasteiger partial charge in [0.25, 0.3) is 0 Å². The highest BCUT2D eigenvalue weighted by molar-refractivity contribution is 5.47. The van der Waals surface area contributed by atoms with Gasteiger partial charge in [0.15, 0.2) is 0 Å². The van der Waals surface area contributed by atoms with Crippen molar-refractivity contribution in [1.82, 2.24) is 10.2 Å². The lowest BCUT2D eigenvalue weighted by Gasteiger charge is -2.40. The molecule has 0 radical (unpaired) electrons. The SMILES string of the molecule is COC1OC2(CCN(c3ccccc3)CC2)c2c[nH]nc21.